The Morgan fingerprint density at radius 2 is 1.72 bits per heavy atom. The van der Waals surface area contributed by atoms with Crippen LogP contribution in [0.5, 0.6) is 0 Å². The van der Waals surface area contributed by atoms with Crippen LogP contribution < -0.4 is 4.90 Å². The second kappa shape index (κ2) is 8.70. The number of amides is 1. The molecule has 5 nitrogen and oxygen atoms in total. The van der Waals surface area contributed by atoms with Gasteiger partial charge in [-0.05, 0) is 31.2 Å². The van der Waals surface area contributed by atoms with Gasteiger partial charge in [0.25, 0.3) is 0 Å². The largest absolute Gasteiger partial charge is 0.441 e. The third kappa shape index (κ3) is 4.80. The fraction of sp³-hybridized carbons (Fsp3) is 0.304. The number of hydrogen-bond donors (Lipinski definition) is 0. The Hall–Kier alpha value is -2.79. The van der Waals surface area contributed by atoms with Crippen LogP contribution >= 0.6 is 11.6 Å². The molecule has 2 aromatic carbocycles. The highest BCUT2D eigenvalue weighted by molar-refractivity contribution is 6.30. The molecule has 1 fully saturated rings. The molecule has 0 aliphatic carbocycles. The van der Waals surface area contributed by atoms with Gasteiger partial charge in [-0.1, -0.05) is 41.4 Å². The summed E-state index contributed by atoms with van der Waals surface area (Å²) in [6.07, 6.45) is 2.66. The summed E-state index contributed by atoms with van der Waals surface area (Å²) in [4.78, 5) is 21.1. The topological polar surface area (TPSA) is 49.6 Å². The molecule has 1 saturated heterocycles. The van der Waals surface area contributed by atoms with Crippen molar-refractivity contribution < 1.29 is 9.21 Å². The van der Waals surface area contributed by atoms with Gasteiger partial charge >= 0.3 is 0 Å². The second-order valence-corrected chi connectivity index (χ2v) is 7.76. The highest BCUT2D eigenvalue weighted by Gasteiger charge is 2.21. The maximum absolute atomic E-state index is 12.6. The van der Waals surface area contributed by atoms with Crippen LogP contribution in [0.1, 0.15) is 17.9 Å². The SMILES string of the molecule is Cc1ccc(-c2cnc(CCC(=O)N3CCN(c4ccc(Cl)cc4)CC3)o2)cc1. The predicted molar refractivity (Wildman–Crippen MR) is 115 cm³/mol. The lowest BCUT2D eigenvalue weighted by atomic mass is 10.1. The van der Waals surface area contributed by atoms with Crippen LogP contribution in [0.25, 0.3) is 11.3 Å². The van der Waals surface area contributed by atoms with E-state index in [-0.39, 0.29) is 5.91 Å². The third-order valence-corrected chi connectivity index (χ3v) is 5.52. The van der Waals surface area contributed by atoms with E-state index in [1.807, 2.05) is 53.4 Å². The zero-order valence-electron chi connectivity index (χ0n) is 16.5. The van der Waals surface area contributed by atoms with Crippen molar-refractivity contribution in [2.24, 2.45) is 0 Å². The van der Waals surface area contributed by atoms with E-state index in [1.54, 1.807) is 6.20 Å². The minimum atomic E-state index is 0.149. The van der Waals surface area contributed by atoms with Crippen molar-refractivity contribution in [1.29, 1.82) is 0 Å². The molecule has 2 heterocycles. The van der Waals surface area contributed by atoms with Gasteiger partial charge in [-0.25, -0.2) is 4.98 Å². The molecule has 6 heteroatoms. The standard InChI is InChI=1S/C23H24ClN3O2/c1-17-2-4-18(5-3-17)21-16-25-22(29-21)10-11-23(28)27-14-12-26(13-15-27)20-8-6-19(24)7-9-20/h2-9,16H,10-15H2,1H3. The molecule has 0 bridgehead atoms. The number of carbonyl (C=O) groups is 1. The maximum atomic E-state index is 12.6. The molecule has 3 aromatic rings. The zero-order valence-corrected chi connectivity index (χ0v) is 17.2. The van der Waals surface area contributed by atoms with Crippen LogP contribution in [0.4, 0.5) is 5.69 Å². The predicted octanol–water partition coefficient (Wildman–Crippen LogP) is 4.58. The van der Waals surface area contributed by atoms with E-state index in [0.717, 1.165) is 48.2 Å². The first-order valence-electron chi connectivity index (χ1n) is 9.88. The summed E-state index contributed by atoms with van der Waals surface area (Å²) < 4.78 is 5.83. The fourth-order valence-corrected chi connectivity index (χ4v) is 3.64. The van der Waals surface area contributed by atoms with Gasteiger partial charge in [-0.15, -0.1) is 0 Å². The lowest BCUT2D eigenvalue weighted by molar-refractivity contribution is -0.131. The number of carbonyl (C=O) groups excluding carboxylic acids is 1. The van der Waals surface area contributed by atoms with E-state index in [2.05, 4.69) is 16.8 Å². The summed E-state index contributed by atoms with van der Waals surface area (Å²) in [5.74, 6) is 1.49. The quantitative estimate of drug-likeness (QED) is 0.618. The van der Waals surface area contributed by atoms with Gasteiger partial charge in [0.15, 0.2) is 11.7 Å². The molecule has 150 valence electrons. The number of piperazine rings is 1. The Morgan fingerprint density at radius 1 is 1.03 bits per heavy atom. The van der Waals surface area contributed by atoms with Gasteiger partial charge in [-0.3, -0.25) is 4.79 Å². The summed E-state index contributed by atoms with van der Waals surface area (Å²) in [6, 6.07) is 16.0. The molecule has 0 saturated carbocycles. The Balaban J connectivity index is 1.27. The van der Waals surface area contributed by atoms with Crippen LogP contribution in [-0.4, -0.2) is 42.0 Å². The highest BCUT2D eigenvalue weighted by atomic mass is 35.5. The van der Waals surface area contributed by atoms with Crippen LogP contribution in [0.3, 0.4) is 0 Å². The van der Waals surface area contributed by atoms with E-state index in [4.69, 9.17) is 16.0 Å². The van der Waals surface area contributed by atoms with Crippen molar-refractivity contribution in [1.82, 2.24) is 9.88 Å². The highest BCUT2D eigenvalue weighted by Crippen LogP contribution is 2.22. The lowest BCUT2D eigenvalue weighted by Crippen LogP contribution is -2.48. The van der Waals surface area contributed by atoms with Gasteiger partial charge in [0, 0.05) is 55.3 Å². The van der Waals surface area contributed by atoms with Crippen molar-refractivity contribution in [3.8, 4) is 11.3 Å². The number of aryl methyl sites for hydroxylation is 2. The first-order chi connectivity index (χ1) is 14.1. The molecule has 0 radical (unpaired) electrons. The third-order valence-electron chi connectivity index (χ3n) is 5.27. The average molecular weight is 410 g/mol. The van der Waals surface area contributed by atoms with E-state index in [9.17, 15) is 4.79 Å². The number of hydrogen-bond acceptors (Lipinski definition) is 4. The smallest absolute Gasteiger partial charge is 0.223 e. The molecule has 1 aromatic heterocycles. The molecule has 0 unspecified atom stereocenters. The number of aromatic nitrogens is 1. The van der Waals surface area contributed by atoms with Crippen LogP contribution in [0.2, 0.25) is 5.02 Å². The van der Waals surface area contributed by atoms with E-state index >= 15 is 0 Å². The van der Waals surface area contributed by atoms with Crippen molar-refractivity contribution in [2.75, 3.05) is 31.1 Å². The number of nitrogens with zero attached hydrogens (tertiary/aromatic N) is 3. The zero-order chi connectivity index (χ0) is 20.2. The fourth-order valence-electron chi connectivity index (χ4n) is 3.52. The van der Waals surface area contributed by atoms with Gasteiger partial charge < -0.3 is 14.2 Å². The monoisotopic (exact) mass is 409 g/mol. The van der Waals surface area contributed by atoms with Crippen LogP contribution in [-0.2, 0) is 11.2 Å². The molecular formula is C23H24ClN3O2. The minimum Gasteiger partial charge on any atom is -0.441 e. The first kappa shape index (κ1) is 19.5. The Kier molecular flexibility index (Phi) is 5.86. The Bertz CT molecular complexity index is 959. The lowest BCUT2D eigenvalue weighted by Gasteiger charge is -2.36. The van der Waals surface area contributed by atoms with Gasteiger partial charge in [0.05, 0.1) is 6.20 Å². The molecule has 1 aliphatic heterocycles. The van der Waals surface area contributed by atoms with E-state index in [0.29, 0.717) is 18.7 Å². The van der Waals surface area contributed by atoms with Crippen molar-refractivity contribution >= 4 is 23.2 Å². The van der Waals surface area contributed by atoms with E-state index < -0.39 is 0 Å². The van der Waals surface area contributed by atoms with Gasteiger partial charge in [0.1, 0.15) is 0 Å². The number of benzene rings is 2. The molecular weight excluding hydrogens is 386 g/mol. The summed E-state index contributed by atoms with van der Waals surface area (Å²) >= 11 is 5.96. The second-order valence-electron chi connectivity index (χ2n) is 7.33. The Morgan fingerprint density at radius 3 is 2.41 bits per heavy atom. The summed E-state index contributed by atoms with van der Waals surface area (Å²) in [5.41, 5.74) is 3.35. The number of halogens is 1. The molecule has 4 rings (SSSR count). The molecule has 0 spiro atoms. The molecule has 0 N–H and O–H groups in total. The Labute approximate surface area is 175 Å². The number of anilines is 1. The van der Waals surface area contributed by atoms with Gasteiger partial charge in [-0.2, -0.15) is 0 Å². The first-order valence-corrected chi connectivity index (χ1v) is 10.3. The molecule has 0 atom stereocenters. The normalized spacial score (nSPS) is 14.3. The number of oxazole rings is 1. The molecule has 1 aliphatic rings. The van der Waals surface area contributed by atoms with Crippen molar-refractivity contribution in [3.05, 3.63) is 71.2 Å². The summed E-state index contributed by atoms with van der Waals surface area (Å²) in [7, 11) is 0. The summed E-state index contributed by atoms with van der Waals surface area (Å²) in [6.45, 7) is 5.15. The van der Waals surface area contributed by atoms with Crippen LogP contribution in [0, 0.1) is 6.92 Å². The molecule has 1 amide bonds. The van der Waals surface area contributed by atoms with Crippen LogP contribution in [0.15, 0.2) is 59.1 Å². The average Bonchev–Trinajstić information content (AvgIpc) is 3.22. The number of rotatable bonds is 5. The van der Waals surface area contributed by atoms with Crippen molar-refractivity contribution in [3.63, 3.8) is 0 Å². The molecule has 29 heavy (non-hydrogen) atoms. The van der Waals surface area contributed by atoms with Crippen molar-refractivity contribution in [2.45, 2.75) is 19.8 Å². The minimum absolute atomic E-state index is 0.149. The maximum Gasteiger partial charge on any atom is 0.223 e. The summed E-state index contributed by atoms with van der Waals surface area (Å²) in [5, 5.41) is 0.736. The van der Waals surface area contributed by atoms with E-state index in [1.165, 1.54) is 5.56 Å². The van der Waals surface area contributed by atoms with Gasteiger partial charge in [0.2, 0.25) is 5.91 Å².